The molecule has 1 fully saturated rings. The fourth-order valence-electron chi connectivity index (χ4n) is 3.62. The lowest BCUT2D eigenvalue weighted by Gasteiger charge is -2.28. The number of methoxy groups -OCH3 is 1. The van der Waals surface area contributed by atoms with E-state index in [0.29, 0.717) is 12.1 Å². The molecule has 7 nitrogen and oxygen atoms in total. The molecule has 162 valence electrons. The van der Waals surface area contributed by atoms with Crippen molar-refractivity contribution in [3.63, 3.8) is 0 Å². The summed E-state index contributed by atoms with van der Waals surface area (Å²) in [5.41, 5.74) is 1.56. The van der Waals surface area contributed by atoms with Crippen molar-refractivity contribution in [1.29, 1.82) is 0 Å². The predicted octanol–water partition coefficient (Wildman–Crippen LogP) is 2.51. The highest BCUT2D eigenvalue weighted by Crippen LogP contribution is 2.26. The summed E-state index contributed by atoms with van der Waals surface area (Å²) in [6, 6.07) is 14.0. The largest absolute Gasteiger partial charge is 0.497 e. The van der Waals surface area contributed by atoms with E-state index in [9.17, 15) is 13.2 Å². The number of benzene rings is 2. The molecule has 0 bridgehead atoms. The zero-order valence-electron chi connectivity index (χ0n) is 17.7. The maximum absolute atomic E-state index is 12.7. The average Bonchev–Trinajstić information content (AvgIpc) is 3.28. The third-order valence-corrected chi connectivity index (χ3v) is 7.26. The van der Waals surface area contributed by atoms with Crippen molar-refractivity contribution in [3.05, 3.63) is 59.7 Å². The zero-order valence-corrected chi connectivity index (χ0v) is 18.5. The second-order valence-electron chi connectivity index (χ2n) is 7.55. The fourth-order valence-corrected chi connectivity index (χ4v) is 4.52. The number of amides is 1. The van der Waals surface area contributed by atoms with Crippen LogP contribution in [0.15, 0.2) is 53.4 Å². The SMILES string of the molecule is COc1ccc([C@H](CNC(=O)c2ccc(S(=O)(=O)N(C)C)cc2)N2CCCC2)cc1. The van der Waals surface area contributed by atoms with E-state index in [1.54, 1.807) is 19.2 Å². The molecule has 1 saturated heterocycles. The highest BCUT2D eigenvalue weighted by molar-refractivity contribution is 7.89. The molecular weight excluding hydrogens is 402 g/mol. The van der Waals surface area contributed by atoms with Gasteiger partial charge in [-0.15, -0.1) is 0 Å². The molecule has 3 rings (SSSR count). The average molecular weight is 432 g/mol. The van der Waals surface area contributed by atoms with Gasteiger partial charge in [0.15, 0.2) is 0 Å². The van der Waals surface area contributed by atoms with Crippen LogP contribution in [0, 0.1) is 0 Å². The van der Waals surface area contributed by atoms with E-state index in [1.165, 1.54) is 26.2 Å². The minimum Gasteiger partial charge on any atom is -0.497 e. The first kappa shape index (κ1) is 22.3. The van der Waals surface area contributed by atoms with Crippen LogP contribution in [0.3, 0.4) is 0 Å². The van der Waals surface area contributed by atoms with Crippen molar-refractivity contribution in [2.45, 2.75) is 23.8 Å². The fraction of sp³-hybridized carbons (Fsp3) is 0.409. The van der Waals surface area contributed by atoms with Gasteiger partial charge in [0.1, 0.15) is 5.75 Å². The highest BCUT2D eigenvalue weighted by atomic mass is 32.2. The molecule has 0 aromatic heterocycles. The lowest BCUT2D eigenvalue weighted by molar-refractivity contribution is 0.0937. The Bertz CT molecular complexity index is 951. The van der Waals surface area contributed by atoms with Crippen molar-refractivity contribution in [2.75, 3.05) is 40.8 Å². The van der Waals surface area contributed by atoms with Crippen molar-refractivity contribution in [2.24, 2.45) is 0 Å². The predicted molar refractivity (Wildman–Crippen MR) is 116 cm³/mol. The number of likely N-dealkylation sites (tertiary alicyclic amines) is 1. The third kappa shape index (κ3) is 5.00. The molecule has 0 radical (unpaired) electrons. The Balaban J connectivity index is 1.71. The van der Waals surface area contributed by atoms with Crippen LogP contribution < -0.4 is 10.1 Å². The normalized spacial score (nSPS) is 15.9. The number of hydrogen-bond donors (Lipinski definition) is 1. The van der Waals surface area contributed by atoms with Gasteiger partial charge in [-0.2, -0.15) is 0 Å². The monoisotopic (exact) mass is 431 g/mol. The van der Waals surface area contributed by atoms with E-state index in [2.05, 4.69) is 10.2 Å². The molecule has 1 heterocycles. The number of ether oxygens (including phenoxy) is 1. The molecule has 30 heavy (non-hydrogen) atoms. The molecule has 0 aliphatic carbocycles. The number of sulfonamides is 1. The van der Waals surface area contributed by atoms with Gasteiger partial charge in [-0.1, -0.05) is 12.1 Å². The number of rotatable bonds is 8. The highest BCUT2D eigenvalue weighted by Gasteiger charge is 2.24. The number of nitrogens with zero attached hydrogens (tertiary/aromatic N) is 2. The molecule has 2 aromatic carbocycles. The second-order valence-corrected chi connectivity index (χ2v) is 9.71. The summed E-state index contributed by atoms with van der Waals surface area (Å²) in [7, 11) is 1.09. The molecule has 0 saturated carbocycles. The summed E-state index contributed by atoms with van der Waals surface area (Å²) < 4.78 is 30.8. The second kappa shape index (κ2) is 9.59. The first-order valence-electron chi connectivity index (χ1n) is 10.0. The molecule has 1 aliphatic heterocycles. The maximum atomic E-state index is 12.7. The van der Waals surface area contributed by atoms with Crippen molar-refractivity contribution in [1.82, 2.24) is 14.5 Å². The van der Waals surface area contributed by atoms with Crippen molar-refractivity contribution >= 4 is 15.9 Å². The minimum absolute atomic E-state index is 0.0794. The molecule has 0 unspecified atom stereocenters. The molecule has 0 spiro atoms. The Kier molecular flexibility index (Phi) is 7.12. The Labute approximate surface area is 178 Å². The van der Waals surface area contributed by atoms with Crippen LogP contribution in [0.4, 0.5) is 0 Å². The zero-order chi connectivity index (χ0) is 21.7. The van der Waals surface area contributed by atoms with Crippen LogP contribution >= 0.6 is 0 Å². The topological polar surface area (TPSA) is 78.9 Å². The van der Waals surface area contributed by atoms with Crippen LogP contribution in [0.2, 0.25) is 0 Å². The van der Waals surface area contributed by atoms with Gasteiger partial charge in [0.2, 0.25) is 10.0 Å². The van der Waals surface area contributed by atoms with Gasteiger partial charge < -0.3 is 10.1 Å². The molecular formula is C22H29N3O4S. The van der Waals surface area contributed by atoms with E-state index in [0.717, 1.165) is 41.5 Å². The van der Waals surface area contributed by atoms with Crippen molar-refractivity contribution in [3.8, 4) is 5.75 Å². The Morgan fingerprint density at radius 3 is 2.20 bits per heavy atom. The van der Waals surface area contributed by atoms with E-state index >= 15 is 0 Å². The van der Waals surface area contributed by atoms with Gasteiger partial charge in [-0.25, -0.2) is 12.7 Å². The Hall–Kier alpha value is -2.42. The van der Waals surface area contributed by atoms with Gasteiger partial charge in [0, 0.05) is 26.2 Å². The number of carbonyl (C=O) groups is 1. The smallest absolute Gasteiger partial charge is 0.251 e. The summed E-state index contributed by atoms with van der Waals surface area (Å²) in [5, 5.41) is 3.01. The summed E-state index contributed by atoms with van der Waals surface area (Å²) in [5.74, 6) is 0.581. The lowest BCUT2D eigenvalue weighted by atomic mass is 10.0. The Morgan fingerprint density at radius 1 is 1.07 bits per heavy atom. The van der Waals surface area contributed by atoms with Crippen LogP contribution in [0.25, 0.3) is 0 Å². The molecule has 1 amide bonds. The summed E-state index contributed by atoms with van der Waals surface area (Å²) in [6.07, 6.45) is 2.31. The van der Waals surface area contributed by atoms with Gasteiger partial charge in [-0.05, 0) is 67.9 Å². The summed E-state index contributed by atoms with van der Waals surface area (Å²) in [4.78, 5) is 15.2. The van der Waals surface area contributed by atoms with E-state index in [-0.39, 0.29) is 16.8 Å². The molecule has 8 heteroatoms. The first-order valence-corrected chi connectivity index (χ1v) is 11.5. The maximum Gasteiger partial charge on any atom is 0.251 e. The van der Waals surface area contributed by atoms with Gasteiger partial charge >= 0.3 is 0 Å². The van der Waals surface area contributed by atoms with E-state index in [1.807, 2.05) is 24.3 Å². The van der Waals surface area contributed by atoms with E-state index in [4.69, 9.17) is 4.74 Å². The number of hydrogen-bond acceptors (Lipinski definition) is 5. The van der Waals surface area contributed by atoms with Gasteiger partial charge in [0.25, 0.3) is 5.91 Å². The number of nitrogens with one attached hydrogen (secondary N) is 1. The quantitative estimate of drug-likeness (QED) is 0.695. The van der Waals surface area contributed by atoms with Crippen LogP contribution in [-0.2, 0) is 10.0 Å². The lowest BCUT2D eigenvalue weighted by Crippen LogP contribution is -2.36. The minimum atomic E-state index is -3.51. The summed E-state index contributed by atoms with van der Waals surface area (Å²) >= 11 is 0. The standard InChI is InChI=1S/C22H29N3O4S/c1-24(2)30(27,28)20-12-8-18(9-13-20)22(26)23-16-21(25-14-4-5-15-25)17-6-10-19(29-3)11-7-17/h6-13,21H,4-5,14-16H2,1-3H3,(H,23,26)/t21-/m0/s1. The molecule has 2 aromatic rings. The Morgan fingerprint density at radius 2 is 1.67 bits per heavy atom. The van der Waals surface area contributed by atoms with Crippen LogP contribution in [0.5, 0.6) is 5.75 Å². The van der Waals surface area contributed by atoms with Crippen LogP contribution in [-0.4, -0.2) is 64.4 Å². The molecule has 1 N–H and O–H groups in total. The number of carbonyl (C=O) groups excluding carboxylic acids is 1. The van der Waals surface area contributed by atoms with Crippen LogP contribution in [0.1, 0.15) is 34.8 Å². The molecule has 1 atom stereocenters. The first-order chi connectivity index (χ1) is 14.3. The van der Waals surface area contributed by atoms with Gasteiger partial charge in [0.05, 0.1) is 18.0 Å². The van der Waals surface area contributed by atoms with Crippen molar-refractivity contribution < 1.29 is 17.9 Å². The van der Waals surface area contributed by atoms with Gasteiger partial charge in [-0.3, -0.25) is 9.69 Å². The summed E-state index contributed by atoms with van der Waals surface area (Å²) in [6.45, 7) is 2.48. The van der Waals surface area contributed by atoms with E-state index < -0.39 is 10.0 Å². The molecule has 1 aliphatic rings. The third-order valence-electron chi connectivity index (χ3n) is 5.43.